The zero-order chi connectivity index (χ0) is 18.9. The van der Waals surface area contributed by atoms with E-state index in [1.165, 1.54) is 20.0 Å². The number of methoxy groups -OCH3 is 1. The van der Waals surface area contributed by atoms with E-state index in [9.17, 15) is 4.79 Å². The third kappa shape index (κ3) is 6.74. The van der Waals surface area contributed by atoms with Crippen LogP contribution in [0.5, 0.6) is 0 Å². The predicted molar refractivity (Wildman–Crippen MR) is 101 cm³/mol. The van der Waals surface area contributed by atoms with Gasteiger partial charge in [0.05, 0.1) is 13.5 Å². The van der Waals surface area contributed by atoms with E-state index in [-0.39, 0.29) is 24.1 Å². The molecule has 5 atom stereocenters. The minimum atomic E-state index is -0.235. The molecule has 1 saturated heterocycles. The largest absolute Gasteiger partial charge is 0.469 e. The van der Waals surface area contributed by atoms with Gasteiger partial charge in [-0.3, -0.25) is 4.79 Å². The van der Waals surface area contributed by atoms with Crippen LogP contribution in [-0.4, -0.2) is 24.8 Å². The van der Waals surface area contributed by atoms with E-state index < -0.39 is 0 Å². The minimum absolute atomic E-state index is 0.196. The van der Waals surface area contributed by atoms with Crippen molar-refractivity contribution in [3.63, 3.8) is 0 Å². The first kappa shape index (κ1) is 22.2. The van der Waals surface area contributed by atoms with E-state index in [2.05, 4.69) is 46.8 Å². The van der Waals surface area contributed by atoms with Crippen molar-refractivity contribution in [2.24, 2.45) is 17.8 Å². The second-order valence-electron chi connectivity index (χ2n) is 7.65. The Balaban J connectivity index is 2.71. The fourth-order valence-electron chi connectivity index (χ4n) is 4.09. The first-order valence-corrected chi connectivity index (χ1v) is 9.97. The first-order valence-electron chi connectivity index (χ1n) is 9.97. The summed E-state index contributed by atoms with van der Waals surface area (Å²) in [5.74, 6) is 1.30. The van der Waals surface area contributed by atoms with Gasteiger partial charge in [0.1, 0.15) is 11.7 Å². The molecule has 0 spiro atoms. The molecular formula is C21H38O4. The SMILES string of the molecule is C/C=C/C(CC)CC(C)C[C@]1(CC)C[C@H](CC)[C@H](CC(=O)OC)OO1. The Kier molecular flexibility index (Phi) is 9.73. The molecule has 0 bridgehead atoms. The maximum absolute atomic E-state index is 11.6. The molecular weight excluding hydrogens is 316 g/mol. The summed E-state index contributed by atoms with van der Waals surface area (Å²) in [6.07, 6.45) is 10.7. The van der Waals surface area contributed by atoms with Crippen molar-refractivity contribution in [3.8, 4) is 0 Å². The second kappa shape index (κ2) is 11.0. The monoisotopic (exact) mass is 354 g/mol. The average molecular weight is 355 g/mol. The smallest absolute Gasteiger partial charge is 0.308 e. The maximum atomic E-state index is 11.6. The summed E-state index contributed by atoms with van der Waals surface area (Å²) in [5, 5.41) is 0. The van der Waals surface area contributed by atoms with Crippen molar-refractivity contribution in [2.75, 3.05) is 7.11 Å². The van der Waals surface area contributed by atoms with Crippen LogP contribution in [0.3, 0.4) is 0 Å². The molecule has 0 N–H and O–H groups in total. The normalized spacial score (nSPS) is 29.5. The lowest BCUT2D eigenvalue weighted by Gasteiger charge is -2.44. The van der Waals surface area contributed by atoms with Crippen LogP contribution in [0.2, 0.25) is 0 Å². The van der Waals surface area contributed by atoms with E-state index in [0.29, 0.717) is 17.8 Å². The molecule has 1 heterocycles. The molecule has 0 aromatic rings. The number of rotatable bonds is 10. The third-order valence-corrected chi connectivity index (χ3v) is 5.69. The molecule has 0 aromatic carbocycles. The van der Waals surface area contributed by atoms with Gasteiger partial charge in [0.15, 0.2) is 0 Å². The highest BCUT2D eigenvalue weighted by atomic mass is 17.2. The van der Waals surface area contributed by atoms with E-state index >= 15 is 0 Å². The number of carbonyl (C=O) groups excluding carboxylic acids is 1. The summed E-state index contributed by atoms with van der Waals surface area (Å²) in [6.45, 7) is 11.0. The molecule has 0 aromatic heterocycles. The maximum Gasteiger partial charge on any atom is 0.308 e. The molecule has 4 heteroatoms. The molecule has 1 aliphatic heterocycles. The Bertz CT molecular complexity index is 420. The Morgan fingerprint density at radius 1 is 1.36 bits per heavy atom. The molecule has 4 nitrogen and oxygen atoms in total. The standard InChI is InChI=1S/C21H38O4/c1-7-11-17(8-2)12-16(5)14-21(10-4)15-18(9-3)19(24-25-21)13-20(22)23-6/h7,11,16-19H,8-10,12-15H2,1-6H3/b11-7+/t16?,17?,18-,19-,21+/m0/s1. The van der Waals surface area contributed by atoms with Crippen LogP contribution < -0.4 is 0 Å². The van der Waals surface area contributed by atoms with Crippen LogP contribution in [0.25, 0.3) is 0 Å². The van der Waals surface area contributed by atoms with Gasteiger partial charge in [0, 0.05) is 0 Å². The lowest BCUT2D eigenvalue weighted by Crippen LogP contribution is -2.46. The lowest BCUT2D eigenvalue weighted by molar-refractivity contribution is -0.424. The van der Waals surface area contributed by atoms with Crippen LogP contribution in [0.1, 0.15) is 79.6 Å². The van der Waals surface area contributed by atoms with Crippen molar-refractivity contribution < 1.29 is 19.3 Å². The Morgan fingerprint density at radius 3 is 2.60 bits per heavy atom. The quantitative estimate of drug-likeness (QED) is 0.297. The summed E-state index contributed by atoms with van der Waals surface area (Å²) < 4.78 is 4.79. The molecule has 0 saturated carbocycles. The van der Waals surface area contributed by atoms with E-state index in [1.54, 1.807) is 0 Å². The number of hydrogen-bond donors (Lipinski definition) is 0. The van der Waals surface area contributed by atoms with Crippen LogP contribution in [0.15, 0.2) is 12.2 Å². The summed E-state index contributed by atoms with van der Waals surface area (Å²) >= 11 is 0. The molecule has 2 unspecified atom stereocenters. The highest BCUT2D eigenvalue weighted by Gasteiger charge is 2.43. The number of ether oxygens (including phenoxy) is 1. The summed E-state index contributed by atoms with van der Waals surface area (Å²) in [4.78, 5) is 23.3. The predicted octanol–water partition coefficient (Wildman–Crippen LogP) is 5.46. The van der Waals surface area contributed by atoms with Crippen molar-refractivity contribution in [1.29, 1.82) is 0 Å². The molecule has 0 amide bonds. The highest BCUT2D eigenvalue weighted by Crippen LogP contribution is 2.41. The number of hydrogen-bond acceptors (Lipinski definition) is 4. The fraction of sp³-hybridized carbons (Fsp3) is 0.857. The zero-order valence-electron chi connectivity index (χ0n) is 17.0. The number of esters is 1. The Morgan fingerprint density at radius 2 is 2.08 bits per heavy atom. The lowest BCUT2D eigenvalue weighted by atomic mass is 9.76. The molecule has 0 radical (unpaired) electrons. The van der Waals surface area contributed by atoms with Gasteiger partial charge in [-0.15, -0.1) is 0 Å². The van der Waals surface area contributed by atoms with E-state index in [0.717, 1.165) is 25.7 Å². The molecule has 1 rings (SSSR count). The minimum Gasteiger partial charge on any atom is -0.469 e. The van der Waals surface area contributed by atoms with Gasteiger partial charge in [-0.1, -0.05) is 46.3 Å². The average Bonchev–Trinajstić information content (AvgIpc) is 2.62. The van der Waals surface area contributed by atoms with Gasteiger partial charge in [-0.05, 0) is 56.8 Å². The molecule has 1 aliphatic rings. The Labute approximate surface area is 154 Å². The third-order valence-electron chi connectivity index (χ3n) is 5.69. The zero-order valence-corrected chi connectivity index (χ0v) is 17.0. The molecule has 0 aliphatic carbocycles. The molecule has 25 heavy (non-hydrogen) atoms. The van der Waals surface area contributed by atoms with Crippen molar-refractivity contribution >= 4 is 5.97 Å². The van der Waals surface area contributed by atoms with Crippen LogP contribution >= 0.6 is 0 Å². The van der Waals surface area contributed by atoms with Gasteiger partial charge in [-0.2, -0.15) is 0 Å². The van der Waals surface area contributed by atoms with Crippen LogP contribution in [0.4, 0.5) is 0 Å². The van der Waals surface area contributed by atoms with Crippen molar-refractivity contribution in [3.05, 3.63) is 12.2 Å². The number of allylic oxidation sites excluding steroid dienone is 2. The molecule has 146 valence electrons. The van der Waals surface area contributed by atoms with E-state index in [4.69, 9.17) is 14.5 Å². The molecule has 1 fully saturated rings. The fourth-order valence-corrected chi connectivity index (χ4v) is 4.09. The van der Waals surface area contributed by atoms with Gasteiger partial charge >= 0.3 is 5.97 Å². The second-order valence-corrected chi connectivity index (χ2v) is 7.65. The van der Waals surface area contributed by atoms with E-state index in [1.807, 2.05) is 0 Å². The first-order chi connectivity index (χ1) is 11.9. The van der Waals surface area contributed by atoms with Crippen LogP contribution in [0, 0.1) is 17.8 Å². The summed E-state index contributed by atoms with van der Waals surface area (Å²) in [5.41, 5.74) is -0.235. The van der Waals surface area contributed by atoms with Gasteiger partial charge in [-0.25, -0.2) is 9.78 Å². The van der Waals surface area contributed by atoms with Crippen molar-refractivity contribution in [1.82, 2.24) is 0 Å². The summed E-state index contributed by atoms with van der Waals surface area (Å²) in [6, 6.07) is 0. The van der Waals surface area contributed by atoms with Gasteiger partial charge in [0.2, 0.25) is 0 Å². The van der Waals surface area contributed by atoms with Crippen LogP contribution in [-0.2, 0) is 19.3 Å². The summed E-state index contributed by atoms with van der Waals surface area (Å²) in [7, 11) is 1.42. The van der Waals surface area contributed by atoms with Gasteiger partial charge in [0.25, 0.3) is 0 Å². The van der Waals surface area contributed by atoms with Gasteiger partial charge < -0.3 is 4.74 Å². The topological polar surface area (TPSA) is 44.8 Å². The Hall–Kier alpha value is -0.870. The highest BCUT2D eigenvalue weighted by molar-refractivity contribution is 5.69. The van der Waals surface area contributed by atoms with Crippen molar-refractivity contribution in [2.45, 2.75) is 91.3 Å². The number of carbonyl (C=O) groups is 1.